The first-order valence-corrected chi connectivity index (χ1v) is 6.93. The van der Waals surface area contributed by atoms with Crippen LogP contribution in [0.5, 0.6) is 5.75 Å². The van der Waals surface area contributed by atoms with E-state index in [1.54, 1.807) is 0 Å². The van der Waals surface area contributed by atoms with Gasteiger partial charge in [-0.2, -0.15) is 0 Å². The fourth-order valence-electron chi connectivity index (χ4n) is 2.27. The SMILES string of the molecule is Cc1ccc(C)n1CCOc1cccc(C(C)C)c1. The molecule has 2 aromatic rings. The fraction of sp³-hybridized carbons (Fsp3) is 0.412. The molecule has 1 aromatic carbocycles. The average molecular weight is 257 g/mol. The zero-order valence-corrected chi connectivity index (χ0v) is 12.3. The molecule has 102 valence electrons. The maximum absolute atomic E-state index is 5.86. The molecule has 0 aliphatic carbocycles. The number of hydrogen-bond acceptors (Lipinski definition) is 1. The second-order valence-corrected chi connectivity index (χ2v) is 5.34. The van der Waals surface area contributed by atoms with E-state index in [4.69, 9.17) is 4.74 Å². The molecular formula is C17H23NO. The lowest BCUT2D eigenvalue weighted by atomic mass is 10.0. The van der Waals surface area contributed by atoms with Crippen molar-refractivity contribution in [2.75, 3.05) is 6.61 Å². The van der Waals surface area contributed by atoms with Gasteiger partial charge in [0.1, 0.15) is 12.4 Å². The van der Waals surface area contributed by atoms with Gasteiger partial charge in [-0.25, -0.2) is 0 Å². The first-order chi connectivity index (χ1) is 9.08. The summed E-state index contributed by atoms with van der Waals surface area (Å²) in [4.78, 5) is 0. The van der Waals surface area contributed by atoms with Crippen molar-refractivity contribution >= 4 is 0 Å². The fourth-order valence-corrected chi connectivity index (χ4v) is 2.27. The van der Waals surface area contributed by atoms with Crippen molar-refractivity contribution in [2.45, 2.75) is 40.2 Å². The van der Waals surface area contributed by atoms with Crippen LogP contribution >= 0.6 is 0 Å². The van der Waals surface area contributed by atoms with E-state index in [0.29, 0.717) is 12.5 Å². The zero-order valence-electron chi connectivity index (χ0n) is 12.3. The highest BCUT2D eigenvalue weighted by molar-refractivity contribution is 5.30. The van der Waals surface area contributed by atoms with Crippen LogP contribution in [0.2, 0.25) is 0 Å². The lowest BCUT2D eigenvalue weighted by Crippen LogP contribution is -2.10. The molecule has 0 radical (unpaired) electrons. The molecule has 0 aliphatic rings. The van der Waals surface area contributed by atoms with Crippen molar-refractivity contribution in [1.29, 1.82) is 0 Å². The number of ether oxygens (including phenoxy) is 1. The molecule has 0 aliphatic heterocycles. The Morgan fingerprint density at radius 1 is 1.05 bits per heavy atom. The minimum atomic E-state index is 0.539. The standard InChI is InChI=1S/C17H23NO/c1-13(2)16-6-5-7-17(12-16)19-11-10-18-14(3)8-9-15(18)4/h5-9,12-13H,10-11H2,1-4H3. The Labute approximate surface area is 116 Å². The van der Waals surface area contributed by atoms with E-state index in [1.807, 2.05) is 6.07 Å². The third kappa shape index (κ3) is 3.40. The number of hydrogen-bond donors (Lipinski definition) is 0. The minimum absolute atomic E-state index is 0.539. The van der Waals surface area contributed by atoms with Crippen LogP contribution in [0.3, 0.4) is 0 Å². The van der Waals surface area contributed by atoms with Crippen molar-refractivity contribution in [2.24, 2.45) is 0 Å². The van der Waals surface area contributed by atoms with Gasteiger partial charge in [0.25, 0.3) is 0 Å². The molecule has 0 atom stereocenters. The van der Waals surface area contributed by atoms with E-state index in [0.717, 1.165) is 12.3 Å². The second-order valence-electron chi connectivity index (χ2n) is 5.34. The summed E-state index contributed by atoms with van der Waals surface area (Å²) in [7, 11) is 0. The van der Waals surface area contributed by atoms with E-state index >= 15 is 0 Å². The number of nitrogens with zero attached hydrogens (tertiary/aromatic N) is 1. The van der Waals surface area contributed by atoms with Crippen molar-refractivity contribution in [3.8, 4) is 5.75 Å². The van der Waals surface area contributed by atoms with Crippen LogP contribution in [-0.2, 0) is 6.54 Å². The Bertz CT molecular complexity index is 520. The summed E-state index contributed by atoms with van der Waals surface area (Å²) in [5.41, 5.74) is 3.90. The van der Waals surface area contributed by atoms with Gasteiger partial charge < -0.3 is 9.30 Å². The van der Waals surface area contributed by atoms with Gasteiger partial charge in [0.2, 0.25) is 0 Å². The van der Waals surface area contributed by atoms with Gasteiger partial charge in [0.15, 0.2) is 0 Å². The summed E-state index contributed by atoms with van der Waals surface area (Å²) < 4.78 is 8.14. The highest BCUT2D eigenvalue weighted by Crippen LogP contribution is 2.20. The molecular weight excluding hydrogens is 234 g/mol. The van der Waals surface area contributed by atoms with Crippen LogP contribution in [0, 0.1) is 13.8 Å². The quantitative estimate of drug-likeness (QED) is 0.778. The third-order valence-corrected chi connectivity index (χ3v) is 3.53. The van der Waals surface area contributed by atoms with Gasteiger partial charge in [0, 0.05) is 11.4 Å². The smallest absolute Gasteiger partial charge is 0.119 e. The summed E-state index contributed by atoms with van der Waals surface area (Å²) in [6.45, 7) is 10.3. The Balaban J connectivity index is 1.94. The lowest BCUT2D eigenvalue weighted by molar-refractivity contribution is 0.296. The second kappa shape index (κ2) is 5.96. The highest BCUT2D eigenvalue weighted by atomic mass is 16.5. The molecule has 2 nitrogen and oxygen atoms in total. The van der Waals surface area contributed by atoms with Gasteiger partial charge in [-0.3, -0.25) is 0 Å². The molecule has 1 aromatic heterocycles. The topological polar surface area (TPSA) is 14.2 Å². The summed E-state index contributed by atoms with van der Waals surface area (Å²) in [5, 5.41) is 0. The van der Waals surface area contributed by atoms with Gasteiger partial charge in [-0.05, 0) is 49.6 Å². The molecule has 0 fully saturated rings. The predicted octanol–water partition coefficient (Wildman–Crippen LogP) is 4.31. The van der Waals surface area contributed by atoms with Crippen LogP contribution in [0.15, 0.2) is 36.4 Å². The molecule has 0 bridgehead atoms. The van der Waals surface area contributed by atoms with Crippen LogP contribution in [0.25, 0.3) is 0 Å². The average Bonchev–Trinajstić information content (AvgIpc) is 2.71. The Kier molecular flexibility index (Phi) is 4.31. The monoisotopic (exact) mass is 257 g/mol. The van der Waals surface area contributed by atoms with E-state index in [2.05, 4.69) is 62.6 Å². The van der Waals surface area contributed by atoms with Crippen molar-refractivity contribution in [3.63, 3.8) is 0 Å². The number of rotatable bonds is 5. The van der Waals surface area contributed by atoms with Crippen LogP contribution in [0.4, 0.5) is 0 Å². The molecule has 0 saturated carbocycles. The minimum Gasteiger partial charge on any atom is -0.492 e. The number of benzene rings is 1. The summed E-state index contributed by atoms with van der Waals surface area (Å²) in [5.74, 6) is 1.51. The molecule has 0 saturated heterocycles. The Hall–Kier alpha value is -1.70. The molecule has 0 spiro atoms. The summed E-state index contributed by atoms with van der Waals surface area (Å²) >= 11 is 0. The Morgan fingerprint density at radius 3 is 2.37 bits per heavy atom. The molecule has 2 heteroatoms. The lowest BCUT2D eigenvalue weighted by Gasteiger charge is -2.12. The van der Waals surface area contributed by atoms with Crippen LogP contribution in [0.1, 0.15) is 36.7 Å². The number of aryl methyl sites for hydroxylation is 2. The van der Waals surface area contributed by atoms with Crippen molar-refractivity contribution in [1.82, 2.24) is 4.57 Å². The highest BCUT2D eigenvalue weighted by Gasteiger charge is 2.03. The molecule has 2 rings (SSSR count). The van der Waals surface area contributed by atoms with Crippen molar-refractivity contribution in [3.05, 3.63) is 53.3 Å². The van der Waals surface area contributed by atoms with E-state index in [1.165, 1.54) is 17.0 Å². The summed E-state index contributed by atoms with van der Waals surface area (Å²) in [6, 6.07) is 12.7. The van der Waals surface area contributed by atoms with E-state index < -0.39 is 0 Å². The van der Waals surface area contributed by atoms with Crippen molar-refractivity contribution < 1.29 is 4.74 Å². The van der Waals surface area contributed by atoms with Gasteiger partial charge in [-0.15, -0.1) is 0 Å². The first-order valence-electron chi connectivity index (χ1n) is 6.93. The van der Waals surface area contributed by atoms with Crippen LogP contribution in [-0.4, -0.2) is 11.2 Å². The normalized spacial score (nSPS) is 11.0. The number of aromatic nitrogens is 1. The largest absolute Gasteiger partial charge is 0.492 e. The third-order valence-electron chi connectivity index (χ3n) is 3.53. The van der Waals surface area contributed by atoms with E-state index in [-0.39, 0.29) is 0 Å². The zero-order chi connectivity index (χ0) is 13.8. The van der Waals surface area contributed by atoms with E-state index in [9.17, 15) is 0 Å². The van der Waals surface area contributed by atoms with Gasteiger partial charge >= 0.3 is 0 Å². The molecule has 1 heterocycles. The first kappa shape index (κ1) is 13.7. The maximum atomic E-state index is 5.86. The van der Waals surface area contributed by atoms with Gasteiger partial charge in [0.05, 0.1) is 6.54 Å². The molecule has 19 heavy (non-hydrogen) atoms. The van der Waals surface area contributed by atoms with Crippen LogP contribution < -0.4 is 4.74 Å². The maximum Gasteiger partial charge on any atom is 0.119 e. The van der Waals surface area contributed by atoms with Gasteiger partial charge in [-0.1, -0.05) is 26.0 Å². The molecule has 0 unspecified atom stereocenters. The summed E-state index contributed by atoms with van der Waals surface area (Å²) in [6.07, 6.45) is 0. The Morgan fingerprint density at radius 2 is 1.74 bits per heavy atom. The molecule has 0 amide bonds. The predicted molar refractivity (Wildman–Crippen MR) is 79.9 cm³/mol. The molecule has 0 N–H and O–H groups in total.